The fourth-order valence-electron chi connectivity index (χ4n) is 4.05. The summed E-state index contributed by atoms with van der Waals surface area (Å²) < 4.78 is 39.6. The minimum Gasteiger partial charge on any atom is -0.293 e. The zero-order valence-electron chi connectivity index (χ0n) is 20.0. The number of alkyl halides is 3. The first-order valence-electron chi connectivity index (χ1n) is 11.8. The van der Waals surface area contributed by atoms with E-state index in [1.54, 1.807) is 24.8 Å². The molecule has 4 rings (SSSR count). The maximum atomic E-state index is 13.8. The van der Waals surface area contributed by atoms with E-state index in [-0.39, 0.29) is 5.78 Å². The fourth-order valence-corrected chi connectivity index (χ4v) is 4.91. The van der Waals surface area contributed by atoms with Crippen LogP contribution in [0, 0.1) is 5.92 Å². The van der Waals surface area contributed by atoms with Gasteiger partial charge in [0.25, 0.3) is 0 Å². The number of benzene rings is 4. The zero-order valence-corrected chi connectivity index (χ0v) is 20.9. The normalized spacial score (nSPS) is 13.1. The predicted octanol–water partition coefficient (Wildman–Crippen LogP) is 9.00. The quantitative estimate of drug-likeness (QED) is 0.136. The molecular formula is C30H26F3NOS. The highest BCUT2D eigenvalue weighted by Crippen LogP contribution is 2.33. The molecule has 4 aromatic carbocycles. The van der Waals surface area contributed by atoms with Crippen LogP contribution in [0.25, 0.3) is 10.8 Å². The van der Waals surface area contributed by atoms with E-state index >= 15 is 0 Å². The van der Waals surface area contributed by atoms with Gasteiger partial charge >= 0.3 is 6.18 Å². The van der Waals surface area contributed by atoms with Crippen molar-refractivity contribution in [3.63, 3.8) is 0 Å². The van der Waals surface area contributed by atoms with E-state index < -0.39 is 17.7 Å². The Bertz CT molecular complexity index is 1390. The summed E-state index contributed by atoms with van der Waals surface area (Å²) in [6.07, 6.45) is -3.45. The molecule has 1 atom stereocenters. The number of rotatable bonds is 8. The molecule has 184 valence electrons. The molecule has 0 bridgehead atoms. The lowest BCUT2D eigenvalue weighted by atomic mass is 9.88. The van der Waals surface area contributed by atoms with Crippen LogP contribution in [0.4, 0.5) is 18.9 Å². The van der Waals surface area contributed by atoms with Crippen LogP contribution in [0.3, 0.4) is 0 Å². The predicted molar refractivity (Wildman–Crippen MR) is 143 cm³/mol. The Kier molecular flexibility index (Phi) is 7.94. The van der Waals surface area contributed by atoms with Crippen LogP contribution in [-0.2, 0) is 6.18 Å². The van der Waals surface area contributed by atoms with Gasteiger partial charge in [-0.15, -0.1) is 11.8 Å². The molecule has 4 aromatic rings. The Hall–Kier alpha value is -3.38. The second-order valence-corrected chi connectivity index (χ2v) is 9.64. The summed E-state index contributed by atoms with van der Waals surface area (Å²) in [6.45, 7) is 3.86. The summed E-state index contributed by atoms with van der Waals surface area (Å²) in [5.74, 6) is 0.0908. The average molecular weight is 506 g/mol. The van der Waals surface area contributed by atoms with Gasteiger partial charge in [-0.1, -0.05) is 73.7 Å². The van der Waals surface area contributed by atoms with E-state index in [1.165, 1.54) is 12.1 Å². The van der Waals surface area contributed by atoms with Gasteiger partial charge in [0.15, 0.2) is 5.78 Å². The minimum atomic E-state index is -4.44. The third-order valence-electron chi connectivity index (χ3n) is 5.93. The molecule has 0 fully saturated rings. The van der Waals surface area contributed by atoms with Gasteiger partial charge in [-0.25, -0.2) is 0 Å². The van der Waals surface area contributed by atoms with E-state index in [4.69, 9.17) is 4.99 Å². The third-order valence-corrected chi connectivity index (χ3v) is 7.20. The molecule has 6 heteroatoms. The minimum absolute atomic E-state index is 0.135. The van der Waals surface area contributed by atoms with Crippen molar-refractivity contribution in [1.82, 2.24) is 0 Å². The topological polar surface area (TPSA) is 29.4 Å². The molecule has 0 amide bonds. The van der Waals surface area contributed by atoms with Gasteiger partial charge in [0.2, 0.25) is 0 Å². The van der Waals surface area contributed by atoms with E-state index in [1.807, 2.05) is 60.7 Å². The Labute approximate surface area is 213 Å². The Balaban J connectivity index is 1.82. The first-order valence-corrected chi connectivity index (χ1v) is 12.8. The highest BCUT2D eigenvalue weighted by molar-refractivity contribution is 7.99. The summed E-state index contributed by atoms with van der Waals surface area (Å²) in [6, 6.07) is 25.8. The second kappa shape index (κ2) is 11.1. The number of aliphatic imine (C=N–C) groups is 1. The molecule has 0 heterocycles. The smallest absolute Gasteiger partial charge is 0.293 e. The van der Waals surface area contributed by atoms with Crippen molar-refractivity contribution in [2.45, 2.75) is 31.3 Å². The molecule has 0 aliphatic rings. The van der Waals surface area contributed by atoms with Crippen molar-refractivity contribution in [3.05, 3.63) is 108 Å². The van der Waals surface area contributed by atoms with Gasteiger partial charge in [-0.3, -0.25) is 9.79 Å². The highest BCUT2D eigenvalue weighted by Gasteiger charge is 2.31. The van der Waals surface area contributed by atoms with Crippen LogP contribution in [0.15, 0.2) is 101 Å². The number of ketones is 1. The second-order valence-electron chi connectivity index (χ2n) is 8.50. The van der Waals surface area contributed by atoms with Crippen molar-refractivity contribution >= 4 is 39.7 Å². The number of carbonyl (C=O) groups is 1. The molecule has 0 spiro atoms. The van der Waals surface area contributed by atoms with Crippen molar-refractivity contribution < 1.29 is 18.0 Å². The Morgan fingerprint density at radius 1 is 0.889 bits per heavy atom. The van der Waals surface area contributed by atoms with Crippen molar-refractivity contribution in [3.8, 4) is 0 Å². The standard InChI is InChI=1S/C30H26F3NOS/c1-3-19-36-27-14-7-6-13-26(27)34-28(22-15-17-23(18-16-22)30(31,32)33)20(2)29(35)25-12-8-10-21-9-4-5-11-24(21)25/h4-18,20H,3,19H2,1-2H3. The van der Waals surface area contributed by atoms with E-state index in [0.29, 0.717) is 22.5 Å². The highest BCUT2D eigenvalue weighted by atomic mass is 32.2. The molecule has 0 saturated carbocycles. The van der Waals surface area contributed by atoms with Crippen LogP contribution in [0.5, 0.6) is 0 Å². The number of hydrogen-bond donors (Lipinski definition) is 0. The fraction of sp³-hybridized carbons (Fsp3) is 0.200. The lowest BCUT2D eigenvalue weighted by Gasteiger charge is -2.17. The molecule has 1 unspecified atom stereocenters. The van der Waals surface area contributed by atoms with Crippen molar-refractivity contribution in [2.75, 3.05) is 5.75 Å². The molecule has 0 radical (unpaired) electrons. The zero-order chi connectivity index (χ0) is 25.7. The molecule has 0 saturated heterocycles. The van der Waals surface area contributed by atoms with Gasteiger partial charge < -0.3 is 0 Å². The first kappa shape index (κ1) is 25.7. The number of para-hydroxylation sites is 1. The van der Waals surface area contributed by atoms with Crippen molar-refractivity contribution in [1.29, 1.82) is 0 Å². The SMILES string of the molecule is CCCSc1ccccc1N=C(c1ccc(C(F)(F)F)cc1)C(C)C(=O)c1cccc2ccccc12. The number of carbonyl (C=O) groups excluding carboxylic acids is 1. The van der Waals surface area contributed by atoms with Crippen LogP contribution < -0.4 is 0 Å². The maximum absolute atomic E-state index is 13.8. The van der Waals surface area contributed by atoms with Gasteiger partial charge in [-0.2, -0.15) is 13.2 Å². The monoisotopic (exact) mass is 505 g/mol. The summed E-state index contributed by atoms with van der Waals surface area (Å²) >= 11 is 1.67. The molecule has 2 nitrogen and oxygen atoms in total. The van der Waals surface area contributed by atoms with Gasteiger partial charge in [0, 0.05) is 10.5 Å². The van der Waals surface area contributed by atoms with E-state index in [2.05, 4.69) is 6.92 Å². The number of nitrogens with zero attached hydrogens (tertiary/aromatic N) is 1. The Morgan fingerprint density at radius 2 is 1.56 bits per heavy atom. The van der Waals surface area contributed by atoms with Crippen LogP contribution in [-0.4, -0.2) is 17.2 Å². The summed E-state index contributed by atoms with van der Waals surface area (Å²) in [7, 11) is 0. The van der Waals surface area contributed by atoms with Gasteiger partial charge in [0.05, 0.1) is 22.9 Å². The first-order chi connectivity index (χ1) is 17.3. The molecule has 36 heavy (non-hydrogen) atoms. The van der Waals surface area contributed by atoms with Gasteiger partial charge in [-0.05, 0) is 59.7 Å². The van der Waals surface area contributed by atoms with E-state index in [9.17, 15) is 18.0 Å². The number of hydrogen-bond acceptors (Lipinski definition) is 3. The summed E-state index contributed by atoms with van der Waals surface area (Å²) in [4.78, 5) is 19.6. The largest absolute Gasteiger partial charge is 0.416 e. The van der Waals surface area contributed by atoms with E-state index in [0.717, 1.165) is 40.0 Å². The summed E-state index contributed by atoms with van der Waals surface area (Å²) in [5.41, 5.74) is 1.44. The lowest BCUT2D eigenvalue weighted by molar-refractivity contribution is -0.137. The number of halogens is 3. The molecule has 0 aromatic heterocycles. The molecule has 0 aliphatic heterocycles. The molecule has 0 aliphatic carbocycles. The van der Waals surface area contributed by atoms with Crippen LogP contribution in [0.2, 0.25) is 0 Å². The van der Waals surface area contributed by atoms with Crippen molar-refractivity contribution in [2.24, 2.45) is 10.9 Å². The third kappa shape index (κ3) is 5.71. The molecule has 0 N–H and O–H groups in total. The number of Topliss-reactive ketones (excluding diaryl/α,β-unsaturated/α-hetero) is 1. The van der Waals surface area contributed by atoms with Crippen LogP contribution >= 0.6 is 11.8 Å². The summed E-state index contributed by atoms with van der Waals surface area (Å²) in [5, 5.41) is 1.78. The Morgan fingerprint density at radius 3 is 2.28 bits per heavy atom. The number of fused-ring (bicyclic) bond motifs is 1. The van der Waals surface area contributed by atoms with Crippen LogP contribution in [0.1, 0.15) is 41.8 Å². The van der Waals surface area contributed by atoms with Gasteiger partial charge in [0.1, 0.15) is 0 Å². The molecular weight excluding hydrogens is 479 g/mol. The lowest BCUT2D eigenvalue weighted by Crippen LogP contribution is -2.23. The number of thioether (sulfide) groups is 1. The average Bonchev–Trinajstić information content (AvgIpc) is 2.89. The maximum Gasteiger partial charge on any atom is 0.416 e.